The van der Waals surface area contributed by atoms with E-state index in [1.54, 1.807) is 30.3 Å². The Bertz CT molecular complexity index is 788. The molecule has 24 heavy (non-hydrogen) atoms. The molecule has 0 aliphatic heterocycles. The van der Waals surface area contributed by atoms with Crippen molar-refractivity contribution in [3.63, 3.8) is 0 Å². The zero-order chi connectivity index (χ0) is 17.4. The molecule has 0 fully saturated rings. The molecule has 0 bridgehead atoms. The molecule has 0 spiro atoms. The number of nitrogens with zero attached hydrogens (tertiary/aromatic N) is 1. The molecule has 0 atom stereocenters. The molecule has 0 saturated carbocycles. The number of rotatable bonds is 5. The third-order valence-corrected chi connectivity index (χ3v) is 3.09. The molecule has 2 aromatic carbocycles. The average Bonchev–Trinajstić information content (AvgIpc) is 2.60. The fourth-order valence-electron chi connectivity index (χ4n) is 1.95. The molecule has 5 heteroatoms. The number of hydrogen-bond acceptors (Lipinski definition) is 4. The molecule has 1 amide bonds. The van der Waals surface area contributed by atoms with E-state index in [2.05, 4.69) is 5.32 Å². The fraction of sp³-hybridized carbons (Fsp3) is 0.105. The van der Waals surface area contributed by atoms with Gasteiger partial charge in [-0.3, -0.25) is 4.79 Å². The van der Waals surface area contributed by atoms with Crippen LogP contribution in [0.3, 0.4) is 0 Å². The molecule has 120 valence electrons. The lowest BCUT2D eigenvalue weighted by Gasteiger charge is -2.09. The van der Waals surface area contributed by atoms with Crippen LogP contribution in [-0.2, 0) is 20.9 Å². The molecule has 0 heterocycles. The molecule has 0 aliphatic carbocycles. The van der Waals surface area contributed by atoms with Crippen LogP contribution in [0.2, 0.25) is 0 Å². The average molecular weight is 320 g/mol. The maximum Gasteiger partial charge on any atom is 0.355 e. The quantitative estimate of drug-likeness (QED) is 0.678. The number of benzene rings is 2. The summed E-state index contributed by atoms with van der Waals surface area (Å²) in [6, 6.07) is 17.9. The number of carbonyl (C=O) groups excluding carboxylic acids is 2. The normalized spacial score (nSPS) is 10.6. The summed E-state index contributed by atoms with van der Waals surface area (Å²) in [6.45, 7) is 1.38. The van der Waals surface area contributed by atoms with Gasteiger partial charge in [0.05, 0.1) is 11.6 Å². The van der Waals surface area contributed by atoms with Gasteiger partial charge >= 0.3 is 5.97 Å². The van der Waals surface area contributed by atoms with Gasteiger partial charge in [-0.2, -0.15) is 5.26 Å². The maximum absolute atomic E-state index is 12.2. The van der Waals surface area contributed by atoms with Crippen LogP contribution < -0.4 is 5.32 Å². The number of amides is 1. The maximum atomic E-state index is 12.2. The van der Waals surface area contributed by atoms with Crippen molar-refractivity contribution in [3.8, 4) is 6.07 Å². The lowest BCUT2D eigenvalue weighted by molar-refractivity contribution is -0.141. The minimum Gasteiger partial charge on any atom is -0.456 e. The van der Waals surface area contributed by atoms with Crippen molar-refractivity contribution < 1.29 is 14.3 Å². The van der Waals surface area contributed by atoms with E-state index >= 15 is 0 Å². The summed E-state index contributed by atoms with van der Waals surface area (Å²) >= 11 is 0. The second-order valence-electron chi connectivity index (χ2n) is 5.03. The first kappa shape index (κ1) is 17.0. The van der Waals surface area contributed by atoms with Crippen LogP contribution in [0.1, 0.15) is 23.6 Å². The van der Waals surface area contributed by atoms with Crippen molar-refractivity contribution in [1.29, 1.82) is 5.26 Å². The molecule has 0 aromatic heterocycles. The SMILES string of the molecule is CC(=O)N/C(=C\c1ccccc1)C(=O)OCc1ccc(C#N)cc1. The molecule has 0 unspecified atom stereocenters. The monoisotopic (exact) mass is 320 g/mol. The van der Waals surface area contributed by atoms with Crippen molar-refractivity contribution in [2.75, 3.05) is 0 Å². The van der Waals surface area contributed by atoms with E-state index < -0.39 is 5.97 Å². The van der Waals surface area contributed by atoms with Gasteiger partial charge < -0.3 is 10.1 Å². The summed E-state index contributed by atoms with van der Waals surface area (Å²) in [6.07, 6.45) is 1.56. The Morgan fingerprint density at radius 3 is 2.38 bits per heavy atom. The van der Waals surface area contributed by atoms with E-state index in [1.807, 2.05) is 36.4 Å². The van der Waals surface area contributed by atoms with Gasteiger partial charge in [0.1, 0.15) is 12.3 Å². The Balaban J connectivity index is 2.08. The van der Waals surface area contributed by atoms with E-state index in [-0.39, 0.29) is 18.2 Å². The fourth-order valence-corrected chi connectivity index (χ4v) is 1.95. The Morgan fingerprint density at radius 1 is 1.12 bits per heavy atom. The first-order valence-corrected chi connectivity index (χ1v) is 7.29. The van der Waals surface area contributed by atoms with E-state index in [4.69, 9.17) is 10.00 Å². The Labute approximate surface area is 140 Å². The summed E-state index contributed by atoms with van der Waals surface area (Å²) in [4.78, 5) is 23.5. The highest BCUT2D eigenvalue weighted by Crippen LogP contribution is 2.09. The van der Waals surface area contributed by atoms with Gasteiger partial charge in [0, 0.05) is 6.92 Å². The first-order chi connectivity index (χ1) is 11.6. The van der Waals surface area contributed by atoms with Crippen LogP contribution in [0.25, 0.3) is 6.08 Å². The number of carbonyl (C=O) groups is 2. The second-order valence-corrected chi connectivity index (χ2v) is 5.03. The minimum absolute atomic E-state index is 0.0518. The topological polar surface area (TPSA) is 79.2 Å². The second kappa shape index (κ2) is 8.30. The number of esters is 1. The third kappa shape index (κ3) is 5.11. The molecule has 5 nitrogen and oxygen atoms in total. The third-order valence-electron chi connectivity index (χ3n) is 3.09. The van der Waals surface area contributed by atoms with E-state index in [0.29, 0.717) is 5.56 Å². The highest BCUT2D eigenvalue weighted by molar-refractivity contribution is 5.97. The molecule has 0 aliphatic rings. The van der Waals surface area contributed by atoms with E-state index in [1.165, 1.54) is 6.92 Å². The number of nitrogens with one attached hydrogen (secondary N) is 1. The smallest absolute Gasteiger partial charge is 0.355 e. The van der Waals surface area contributed by atoms with Crippen molar-refractivity contribution in [3.05, 3.63) is 77.0 Å². The zero-order valence-electron chi connectivity index (χ0n) is 13.2. The molecule has 0 saturated heterocycles. The van der Waals surface area contributed by atoms with Crippen molar-refractivity contribution in [2.24, 2.45) is 0 Å². The predicted molar refractivity (Wildman–Crippen MR) is 89.2 cm³/mol. The van der Waals surface area contributed by atoms with Crippen LogP contribution in [0.15, 0.2) is 60.3 Å². The molecule has 1 N–H and O–H groups in total. The summed E-state index contributed by atoms with van der Waals surface area (Å²) in [5, 5.41) is 11.2. The van der Waals surface area contributed by atoms with Gasteiger partial charge in [-0.1, -0.05) is 42.5 Å². The predicted octanol–water partition coefficient (Wildman–Crippen LogP) is 2.78. The molecule has 0 radical (unpaired) electrons. The molecular weight excluding hydrogens is 304 g/mol. The Morgan fingerprint density at radius 2 is 1.79 bits per heavy atom. The minimum atomic E-state index is -0.626. The van der Waals surface area contributed by atoms with Crippen LogP contribution in [-0.4, -0.2) is 11.9 Å². The Hall–Kier alpha value is -3.39. The lowest BCUT2D eigenvalue weighted by Crippen LogP contribution is -2.26. The number of ether oxygens (including phenoxy) is 1. The zero-order valence-corrected chi connectivity index (χ0v) is 13.2. The molecule has 2 rings (SSSR count). The van der Waals surface area contributed by atoms with Gasteiger partial charge in [0.25, 0.3) is 0 Å². The lowest BCUT2D eigenvalue weighted by atomic mass is 10.1. The first-order valence-electron chi connectivity index (χ1n) is 7.29. The van der Waals surface area contributed by atoms with Crippen LogP contribution in [0.4, 0.5) is 0 Å². The number of hydrogen-bond donors (Lipinski definition) is 1. The van der Waals surface area contributed by atoms with Gasteiger partial charge in [-0.25, -0.2) is 4.79 Å². The summed E-state index contributed by atoms with van der Waals surface area (Å²) in [7, 11) is 0. The van der Waals surface area contributed by atoms with Gasteiger partial charge in [-0.15, -0.1) is 0 Å². The summed E-state index contributed by atoms with van der Waals surface area (Å²) < 4.78 is 5.23. The molecular formula is C19H16N2O3. The standard InChI is InChI=1S/C19H16N2O3/c1-14(22)21-18(11-15-5-3-2-4-6-15)19(23)24-13-17-9-7-16(12-20)8-10-17/h2-11H,13H2,1H3,(H,21,22)/b18-11-. The van der Waals surface area contributed by atoms with Gasteiger partial charge in [0.15, 0.2) is 0 Å². The van der Waals surface area contributed by atoms with Crippen molar-refractivity contribution in [2.45, 2.75) is 13.5 Å². The van der Waals surface area contributed by atoms with Crippen LogP contribution in [0, 0.1) is 11.3 Å². The van der Waals surface area contributed by atoms with Crippen molar-refractivity contribution in [1.82, 2.24) is 5.32 Å². The Kier molecular flexibility index (Phi) is 5.87. The highest BCUT2D eigenvalue weighted by Gasteiger charge is 2.13. The van der Waals surface area contributed by atoms with Crippen LogP contribution >= 0.6 is 0 Å². The highest BCUT2D eigenvalue weighted by atomic mass is 16.5. The van der Waals surface area contributed by atoms with Crippen LogP contribution in [0.5, 0.6) is 0 Å². The van der Waals surface area contributed by atoms with Gasteiger partial charge in [-0.05, 0) is 29.3 Å². The summed E-state index contributed by atoms with van der Waals surface area (Å²) in [5.74, 6) is -0.981. The molecule has 2 aromatic rings. The van der Waals surface area contributed by atoms with Gasteiger partial charge in [0.2, 0.25) is 5.91 Å². The largest absolute Gasteiger partial charge is 0.456 e. The number of nitriles is 1. The summed E-state index contributed by atoms with van der Waals surface area (Å²) in [5.41, 5.74) is 2.14. The van der Waals surface area contributed by atoms with E-state index in [0.717, 1.165) is 11.1 Å². The van der Waals surface area contributed by atoms with Crippen molar-refractivity contribution >= 4 is 18.0 Å². The van der Waals surface area contributed by atoms with E-state index in [9.17, 15) is 9.59 Å².